The van der Waals surface area contributed by atoms with Gasteiger partial charge in [0, 0.05) is 49.8 Å². The van der Waals surface area contributed by atoms with E-state index in [0.717, 1.165) is 36.4 Å². The molecule has 2 aliphatic rings. The summed E-state index contributed by atoms with van der Waals surface area (Å²) < 4.78 is 10.6. The zero-order chi connectivity index (χ0) is 22.7. The second kappa shape index (κ2) is 9.98. The highest BCUT2D eigenvalue weighted by molar-refractivity contribution is 6.34. The standard InChI is InChI=1S/C23H25Cl2N3O4/c1-26-21-3-2-15(6-22(21)32-14-29)8-27-9-17-11-28(12-18(17)10-27)23(30)31-13-16-4-19(24)7-20(25)5-16/h2-7,14,17-18,26H,8-13H2,1H3/t17-,18+. The molecule has 2 aromatic rings. The summed E-state index contributed by atoms with van der Waals surface area (Å²) in [6.07, 6.45) is -0.305. The Labute approximate surface area is 197 Å². The van der Waals surface area contributed by atoms with Crippen molar-refractivity contribution in [3.63, 3.8) is 0 Å². The van der Waals surface area contributed by atoms with E-state index in [1.165, 1.54) is 0 Å². The van der Waals surface area contributed by atoms with Gasteiger partial charge in [0.25, 0.3) is 6.47 Å². The van der Waals surface area contributed by atoms with Gasteiger partial charge in [0.1, 0.15) is 6.61 Å². The van der Waals surface area contributed by atoms with Crippen LogP contribution in [0, 0.1) is 11.8 Å². The Kier molecular flexibility index (Phi) is 7.08. The van der Waals surface area contributed by atoms with E-state index >= 15 is 0 Å². The number of amides is 1. The molecule has 0 bridgehead atoms. The van der Waals surface area contributed by atoms with Crippen molar-refractivity contribution < 1.29 is 19.1 Å². The van der Waals surface area contributed by atoms with Crippen LogP contribution in [0.1, 0.15) is 11.1 Å². The molecule has 1 amide bonds. The van der Waals surface area contributed by atoms with Crippen LogP contribution in [0.5, 0.6) is 5.75 Å². The second-order valence-corrected chi connectivity index (χ2v) is 9.12. The predicted octanol–water partition coefficient (Wildman–Crippen LogP) is 4.27. The molecule has 0 radical (unpaired) electrons. The molecule has 170 valence electrons. The Morgan fingerprint density at radius 2 is 1.75 bits per heavy atom. The molecule has 7 nitrogen and oxygen atoms in total. The molecule has 2 atom stereocenters. The van der Waals surface area contributed by atoms with Crippen molar-refractivity contribution in [2.45, 2.75) is 13.2 Å². The zero-order valence-electron chi connectivity index (χ0n) is 17.7. The number of ether oxygens (including phenoxy) is 2. The van der Waals surface area contributed by atoms with E-state index < -0.39 is 0 Å². The number of likely N-dealkylation sites (tertiary alicyclic amines) is 2. The summed E-state index contributed by atoms with van der Waals surface area (Å²) in [5, 5.41) is 4.05. The van der Waals surface area contributed by atoms with Gasteiger partial charge in [-0.3, -0.25) is 9.69 Å². The van der Waals surface area contributed by atoms with Gasteiger partial charge in [0.05, 0.1) is 5.69 Å². The Morgan fingerprint density at radius 3 is 2.38 bits per heavy atom. The number of anilines is 1. The lowest BCUT2D eigenvalue weighted by molar-refractivity contribution is -0.120. The first kappa shape index (κ1) is 22.7. The molecule has 2 aliphatic heterocycles. The Bertz CT molecular complexity index is 969. The third-order valence-electron chi connectivity index (χ3n) is 6.00. The van der Waals surface area contributed by atoms with Crippen LogP contribution in [0.3, 0.4) is 0 Å². The molecule has 2 saturated heterocycles. The van der Waals surface area contributed by atoms with E-state index in [0.29, 0.717) is 47.2 Å². The molecule has 0 aromatic heterocycles. The van der Waals surface area contributed by atoms with Crippen molar-refractivity contribution in [2.24, 2.45) is 11.8 Å². The van der Waals surface area contributed by atoms with Crippen molar-refractivity contribution >= 4 is 41.5 Å². The number of rotatable bonds is 7. The van der Waals surface area contributed by atoms with Gasteiger partial charge in [-0.25, -0.2) is 4.79 Å². The van der Waals surface area contributed by atoms with Gasteiger partial charge < -0.3 is 19.7 Å². The average Bonchev–Trinajstić information content (AvgIpc) is 3.30. The molecule has 2 fully saturated rings. The number of hydrogen-bond donors (Lipinski definition) is 1. The molecule has 4 rings (SSSR count). The highest BCUT2D eigenvalue weighted by Crippen LogP contribution is 2.33. The fourth-order valence-electron chi connectivity index (χ4n) is 4.58. The highest BCUT2D eigenvalue weighted by Gasteiger charge is 2.42. The lowest BCUT2D eigenvalue weighted by atomic mass is 10.0. The fourth-order valence-corrected chi connectivity index (χ4v) is 5.15. The summed E-state index contributed by atoms with van der Waals surface area (Å²) in [7, 11) is 1.79. The van der Waals surface area contributed by atoms with E-state index in [9.17, 15) is 9.59 Å². The van der Waals surface area contributed by atoms with Crippen molar-refractivity contribution in [3.05, 3.63) is 57.6 Å². The summed E-state index contributed by atoms with van der Waals surface area (Å²) >= 11 is 12.0. The number of halogens is 2. The van der Waals surface area contributed by atoms with Gasteiger partial charge >= 0.3 is 6.09 Å². The lowest BCUT2D eigenvalue weighted by Gasteiger charge is -2.22. The maximum atomic E-state index is 12.5. The number of carbonyl (C=O) groups excluding carboxylic acids is 2. The van der Waals surface area contributed by atoms with Crippen molar-refractivity contribution in [1.29, 1.82) is 0 Å². The minimum Gasteiger partial charge on any atom is -0.445 e. The third kappa shape index (κ3) is 5.28. The smallest absolute Gasteiger partial charge is 0.410 e. The van der Waals surface area contributed by atoms with Gasteiger partial charge in [-0.05, 0) is 53.3 Å². The van der Waals surface area contributed by atoms with Crippen LogP contribution >= 0.6 is 23.2 Å². The van der Waals surface area contributed by atoms with Gasteiger partial charge in [0.15, 0.2) is 5.75 Å². The molecule has 0 unspecified atom stereocenters. The first-order chi connectivity index (χ1) is 15.4. The minimum atomic E-state index is -0.305. The fraction of sp³-hybridized carbons (Fsp3) is 0.391. The van der Waals surface area contributed by atoms with Crippen LogP contribution < -0.4 is 10.1 Å². The number of fused-ring (bicyclic) bond motifs is 1. The molecule has 2 heterocycles. The number of nitrogens with one attached hydrogen (secondary N) is 1. The monoisotopic (exact) mass is 477 g/mol. The van der Waals surface area contributed by atoms with Crippen molar-refractivity contribution in [2.75, 3.05) is 38.5 Å². The molecule has 9 heteroatoms. The summed E-state index contributed by atoms with van der Waals surface area (Å²) in [6.45, 7) is 4.56. The maximum Gasteiger partial charge on any atom is 0.410 e. The summed E-state index contributed by atoms with van der Waals surface area (Å²) in [4.78, 5) is 27.5. The number of carbonyl (C=O) groups is 2. The molecule has 1 N–H and O–H groups in total. The number of benzene rings is 2. The van der Waals surface area contributed by atoms with Crippen LogP contribution in [-0.2, 0) is 22.7 Å². The quantitative estimate of drug-likeness (QED) is 0.600. The predicted molar refractivity (Wildman–Crippen MR) is 123 cm³/mol. The molecular formula is C23H25Cl2N3O4. The third-order valence-corrected chi connectivity index (χ3v) is 6.44. The highest BCUT2D eigenvalue weighted by atomic mass is 35.5. The number of hydrogen-bond acceptors (Lipinski definition) is 6. The molecule has 0 aliphatic carbocycles. The average molecular weight is 478 g/mol. The van der Waals surface area contributed by atoms with Crippen LogP contribution in [0.2, 0.25) is 10.0 Å². The van der Waals surface area contributed by atoms with Crippen LogP contribution in [0.4, 0.5) is 10.5 Å². The molecule has 32 heavy (non-hydrogen) atoms. The van der Waals surface area contributed by atoms with Crippen LogP contribution in [0.25, 0.3) is 0 Å². The van der Waals surface area contributed by atoms with E-state index in [4.69, 9.17) is 32.7 Å². The van der Waals surface area contributed by atoms with E-state index in [-0.39, 0.29) is 12.7 Å². The van der Waals surface area contributed by atoms with Crippen molar-refractivity contribution in [1.82, 2.24) is 9.80 Å². The van der Waals surface area contributed by atoms with Gasteiger partial charge in [-0.1, -0.05) is 29.3 Å². The van der Waals surface area contributed by atoms with Gasteiger partial charge in [0.2, 0.25) is 0 Å². The molecular weight excluding hydrogens is 453 g/mol. The van der Waals surface area contributed by atoms with Crippen LogP contribution in [0.15, 0.2) is 36.4 Å². The number of nitrogens with zero attached hydrogens (tertiary/aromatic N) is 2. The van der Waals surface area contributed by atoms with Gasteiger partial charge in [-0.15, -0.1) is 0 Å². The normalized spacial score (nSPS) is 20.2. The molecule has 0 saturated carbocycles. The second-order valence-electron chi connectivity index (χ2n) is 8.25. The Balaban J connectivity index is 1.28. The largest absolute Gasteiger partial charge is 0.445 e. The van der Waals surface area contributed by atoms with E-state index in [1.807, 2.05) is 18.2 Å². The topological polar surface area (TPSA) is 71.1 Å². The Hall–Kier alpha value is -2.48. The Morgan fingerprint density at radius 1 is 1.06 bits per heavy atom. The van der Waals surface area contributed by atoms with Crippen LogP contribution in [-0.4, -0.2) is 55.6 Å². The summed E-state index contributed by atoms with van der Waals surface area (Å²) in [5.41, 5.74) is 2.62. The molecule has 0 spiro atoms. The lowest BCUT2D eigenvalue weighted by Crippen LogP contribution is -2.33. The first-order valence-corrected chi connectivity index (χ1v) is 11.2. The van der Waals surface area contributed by atoms with Crippen molar-refractivity contribution in [3.8, 4) is 5.75 Å². The van der Waals surface area contributed by atoms with E-state index in [1.54, 1.807) is 30.1 Å². The van der Waals surface area contributed by atoms with E-state index in [2.05, 4.69) is 10.2 Å². The zero-order valence-corrected chi connectivity index (χ0v) is 19.2. The SMILES string of the molecule is CNc1ccc(CN2C[C@@H]3CN(C(=O)OCc4cc(Cl)cc(Cl)c4)C[C@@H]3C2)cc1OC=O. The van der Waals surface area contributed by atoms with Gasteiger partial charge in [-0.2, -0.15) is 0 Å². The summed E-state index contributed by atoms with van der Waals surface area (Å²) in [6, 6.07) is 11.0. The summed E-state index contributed by atoms with van der Waals surface area (Å²) in [5.74, 6) is 1.37. The maximum absolute atomic E-state index is 12.5. The first-order valence-electron chi connectivity index (χ1n) is 10.4. The minimum absolute atomic E-state index is 0.144. The molecule has 2 aromatic carbocycles.